The molecule has 8 rings (SSSR count). The molecule has 0 radical (unpaired) electrons. The molecule has 26 nitrogen and oxygen atoms in total. The molecule has 89 heavy (non-hydrogen) atoms. The molecule has 480 valence electrons. The number of halogens is 8. The summed E-state index contributed by atoms with van der Waals surface area (Å²) in [5.41, 5.74) is 35.0. The third-order valence-corrected chi connectivity index (χ3v) is 14.5. The van der Waals surface area contributed by atoms with E-state index in [9.17, 15) is 37.1 Å². The van der Waals surface area contributed by atoms with Crippen molar-refractivity contribution in [3.8, 4) is 0 Å². The normalized spacial score (nSPS) is 25.7. The van der Waals surface area contributed by atoms with Gasteiger partial charge in [-0.25, -0.2) is 28.8 Å². The third kappa shape index (κ3) is 20.7. The van der Waals surface area contributed by atoms with Gasteiger partial charge in [-0.15, -0.1) is 0 Å². The van der Waals surface area contributed by atoms with E-state index in [1.54, 1.807) is 24.3 Å². The van der Waals surface area contributed by atoms with Gasteiger partial charge in [0, 0.05) is 78.6 Å². The lowest BCUT2D eigenvalue weighted by Crippen LogP contribution is -2.69. The minimum atomic E-state index is -5.08. The first-order chi connectivity index (χ1) is 42.2. The second kappa shape index (κ2) is 32.0. The van der Waals surface area contributed by atoms with Gasteiger partial charge in [0.2, 0.25) is 0 Å². The smallest absolute Gasteiger partial charge is 0.475 e. The number of carboxylic acid groups (broad SMARTS) is 1. The van der Waals surface area contributed by atoms with Crippen molar-refractivity contribution >= 4 is 123 Å². The first-order valence-electron chi connectivity index (χ1n) is 26.5. The zero-order valence-electron chi connectivity index (χ0n) is 45.9. The number of nitrogens with one attached hydrogen (secondary N) is 5. The van der Waals surface area contributed by atoms with Crippen molar-refractivity contribution < 1.29 is 89.7 Å². The number of benzene rings is 5. The summed E-state index contributed by atoms with van der Waals surface area (Å²) in [5.74, 6) is -2.76. The lowest BCUT2D eigenvalue weighted by atomic mass is 9.84. The van der Waals surface area contributed by atoms with Crippen molar-refractivity contribution in [2.24, 2.45) is 28.7 Å². The lowest BCUT2D eigenvalue weighted by Gasteiger charge is -2.49. The molecule has 3 fully saturated rings. The van der Waals surface area contributed by atoms with Crippen LogP contribution in [0.2, 0.25) is 25.1 Å². The van der Waals surface area contributed by atoms with Crippen molar-refractivity contribution in [2.75, 3.05) is 39.7 Å². The Hall–Kier alpha value is -7.20. The highest BCUT2D eigenvalue weighted by Gasteiger charge is 2.55. The summed E-state index contributed by atoms with van der Waals surface area (Å²) >= 11 is 30.4. The van der Waals surface area contributed by atoms with Gasteiger partial charge in [0.25, 0.3) is 0 Å². The number of aliphatic carboxylic acids is 1. The molecule has 3 aliphatic rings. The molecule has 2 aliphatic heterocycles. The molecular formula is C55H58Cl5F3N10O16. The molecule has 5 aromatic rings. The van der Waals surface area contributed by atoms with Gasteiger partial charge in [-0.3, -0.25) is 26.6 Å². The maximum absolute atomic E-state index is 14.1. The molecular weight excluding hydrogens is 1290 g/mol. The van der Waals surface area contributed by atoms with E-state index >= 15 is 0 Å². The fourth-order valence-electron chi connectivity index (χ4n) is 8.96. The van der Waals surface area contributed by atoms with E-state index in [0.29, 0.717) is 36.5 Å². The average Bonchev–Trinajstić information content (AvgIpc) is 1.38. The van der Waals surface area contributed by atoms with Crippen LogP contribution in [0.25, 0.3) is 0 Å². The van der Waals surface area contributed by atoms with Gasteiger partial charge >= 0.3 is 42.6 Å². The minimum absolute atomic E-state index is 0.0302. The first-order valence-corrected chi connectivity index (χ1v) is 28.4. The van der Waals surface area contributed by atoms with Gasteiger partial charge in [0.1, 0.15) is 37.1 Å². The highest BCUT2D eigenvalue weighted by molar-refractivity contribution is 6.31. The van der Waals surface area contributed by atoms with Crippen LogP contribution in [0.15, 0.2) is 121 Å². The monoisotopic (exact) mass is 1350 g/mol. The number of anilines is 5. The van der Waals surface area contributed by atoms with E-state index in [1.165, 1.54) is 97.1 Å². The molecule has 2 heterocycles. The quantitative estimate of drug-likeness (QED) is 0.0411. The second-order valence-corrected chi connectivity index (χ2v) is 21.9. The molecule has 2 saturated heterocycles. The number of amides is 5. The Morgan fingerprint density at radius 1 is 0.461 bits per heavy atom. The maximum atomic E-state index is 14.1. The molecule has 16 N–H and O–H groups in total. The van der Waals surface area contributed by atoms with E-state index in [4.69, 9.17) is 139 Å². The van der Waals surface area contributed by atoms with Crippen molar-refractivity contribution in [2.45, 2.75) is 105 Å². The molecule has 5 amide bonds. The Morgan fingerprint density at radius 3 is 1.16 bits per heavy atom. The van der Waals surface area contributed by atoms with Crippen LogP contribution in [0, 0.1) is 0 Å². The molecule has 0 bridgehead atoms. The first kappa shape index (κ1) is 69.3. The number of hydrogen-bond donors (Lipinski definition) is 11. The van der Waals surface area contributed by atoms with Crippen LogP contribution in [-0.2, 0) is 47.4 Å². The summed E-state index contributed by atoms with van der Waals surface area (Å²) in [6, 6.07) is 25.8. The van der Waals surface area contributed by atoms with Crippen LogP contribution in [-0.4, -0.2) is 146 Å². The van der Waals surface area contributed by atoms with Gasteiger partial charge in [-0.1, -0.05) is 58.0 Å². The van der Waals surface area contributed by atoms with Crippen LogP contribution in [0.5, 0.6) is 0 Å². The molecule has 14 atom stereocenters. The maximum Gasteiger partial charge on any atom is 0.490 e. The van der Waals surface area contributed by atoms with Crippen LogP contribution in [0.3, 0.4) is 0 Å². The van der Waals surface area contributed by atoms with Gasteiger partial charge in [-0.05, 0) is 128 Å². The number of alkyl halides is 3. The van der Waals surface area contributed by atoms with Gasteiger partial charge in [-0.2, -0.15) is 13.2 Å². The summed E-state index contributed by atoms with van der Waals surface area (Å²) in [7, 11) is 0. The summed E-state index contributed by atoms with van der Waals surface area (Å²) in [6.07, 6.45) is -24.7. The number of carboxylic acids is 1. The zero-order chi connectivity index (χ0) is 64.7. The van der Waals surface area contributed by atoms with Gasteiger partial charge in [0.15, 0.2) is 30.9 Å². The predicted octanol–water partition coefficient (Wildman–Crippen LogP) is 8.89. The van der Waals surface area contributed by atoms with Crippen LogP contribution in [0.1, 0.15) is 12.8 Å². The number of ether oxygens (including phenoxy) is 9. The molecule has 1 saturated carbocycles. The SMILES string of the molecule is NC[C@H]1O[C@H](O[C@H]2[C@H](OC(=O)Nc3ccc(Cl)cc3)[C@@H](O[C@H]3O[C@H](COC(=O)Nc4ccc(Cl)cc4)[C@@H](OC(=O)Nc4ccc(Cl)cc4)[C@H](N)[C@H]3OC(=O)Nc3ccc(Cl)cc3)[C@H](N)C[C@@H]2N)[C@H](N)C[C@@H]1OC(=O)Nc1ccc(Cl)cc1.O=C(O)C(F)(F)F. The van der Waals surface area contributed by atoms with E-state index in [2.05, 4.69) is 26.6 Å². The van der Waals surface area contributed by atoms with Crippen LogP contribution in [0.4, 0.5) is 65.6 Å². The highest BCUT2D eigenvalue weighted by atomic mass is 35.5. The highest BCUT2D eigenvalue weighted by Crippen LogP contribution is 2.35. The fourth-order valence-corrected chi connectivity index (χ4v) is 9.59. The van der Waals surface area contributed by atoms with E-state index in [-0.39, 0.29) is 36.4 Å². The second-order valence-electron chi connectivity index (χ2n) is 19.7. The zero-order valence-corrected chi connectivity index (χ0v) is 49.7. The lowest BCUT2D eigenvalue weighted by molar-refractivity contribution is -0.312. The Morgan fingerprint density at radius 2 is 0.787 bits per heavy atom. The molecule has 5 aromatic carbocycles. The van der Waals surface area contributed by atoms with Crippen LogP contribution < -0.4 is 55.3 Å². The summed E-state index contributed by atoms with van der Waals surface area (Å²) in [4.78, 5) is 77.0. The van der Waals surface area contributed by atoms with Crippen LogP contribution >= 0.6 is 58.0 Å². The van der Waals surface area contributed by atoms with Crippen molar-refractivity contribution in [3.63, 3.8) is 0 Å². The largest absolute Gasteiger partial charge is 0.490 e. The summed E-state index contributed by atoms with van der Waals surface area (Å²) < 4.78 is 87.2. The van der Waals surface area contributed by atoms with Crippen molar-refractivity contribution in [3.05, 3.63) is 146 Å². The van der Waals surface area contributed by atoms with E-state index in [0.717, 1.165) is 0 Å². The van der Waals surface area contributed by atoms with E-state index in [1.807, 2.05) is 0 Å². The standard InChI is InChI=1S/C53H57Cl5N10O14.C2HF3O2/c54-25-1-11-30(12-2-25)64-49(69)74-24-40-44(80-51(71)66-32-15-5-27(56)6-16-32)41(63)45(81-52(72)67-33-17-7-28(57)8-18-33)48(76-40)79-43-36(61)21-35(60)42(46(43)82-53(73)68-34-19-9-29(58)10-20-34)78-47-37(62)22-38(39(23-59)75-47)77-50(70)65-31-13-3-26(55)4-14-31;3-2(4,5)1(6)7/h1-20,35-48H,21-24,59-63H2,(H,64,69)(H,65,70)(H,66,71)(H,67,72)(H,68,73);(H,6,7)/t35-,36+,37+,38-,39+,40+,41-,42+,43-,44+,45+,46-,47+,48+;/m0./s1. The fraction of sp³-hybridized carbons (Fsp3) is 0.345. The topological polar surface area (TPSA) is 396 Å². The number of carbonyl (C=O) groups is 6. The number of rotatable bonds is 16. The summed E-state index contributed by atoms with van der Waals surface area (Å²) in [6.45, 7) is -0.852. The molecule has 34 heteroatoms. The molecule has 0 spiro atoms. The number of carbonyl (C=O) groups excluding carboxylic acids is 5. The predicted molar refractivity (Wildman–Crippen MR) is 319 cm³/mol. The van der Waals surface area contributed by atoms with Crippen molar-refractivity contribution in [1.29, 1.82) is 0 Å². The molecule has 1 aliphatic carbocycles. The minimum Gasteiger partial charge on any atom is -0.475 e. The Balaban J connectivity index is 0.00000152. The molecule has 0 aromatic heterocycles. The van der Waals surface area contributed by atoms with E-state index < -0.39 is 135 Å². The Bertz CT molecular complexity index is 3200. The van der Waals surface area contributed by atoms with Gasteiger partial charge < -0.3 is 76.4 Å². The van der Waals surface area contributed by atoms with Crippen molar-refractivity contribution in [1.82, 2.24) is 0 Å². The number of nitrogens with two attached hydrogens (primary N) is 5. The number of hydrogen-bond acceptors (Lipinski definition) is 20. The average molecular weight is 1350 g/mol. The molecule has 0 unspecified atom stereocenters. The Labute approximate surface area is 529 Å². The van der Waals surface area contributed by atoms with Gasteiger partial charge in [0.05, 0.1) is 12.1 Å². The Kier molecular flexibility index (Phi) is 24.9. The third-order valence-electron chi connectivity index (χ3n) is 13.2. The summed E-state index contributed by atoms with van der Waals surface area (Å²) in [5, 5.41) is 22.1.